The van der Waals surface area contributed by atoms with Crippen molar-refractivity contribution in [3.8, 4) is 0 Å². The Morgan fingerprint density at radius 3 is 1.00 bits per heavy atom. The van der Waals surface area contributed by atoms with Gasteiger partial charge in [-0.1, -0.05) is 151 Å². The first-order chi connectivity index (χ1) is 23.8. The highest BCUT2D eigenvalue weighted by Crippen LogP contribution is 2.54. The molecule has 0 unspecified atom stereocenters. The van der Waals surface area contributed by atoms with E-state index in [2.05, 4.69) is 157 Å². The molecule has 0 heterocycles. The van der Waals surface area contributed by atoms with Gasteiger partial charge in [-0.25, -0.2) is 0 Å². The third kappa shape index (κ3) is 3.70. The molecule has 10 rings (SSSR count). The minimum absolute atomic E-state index is 0.366. The van der Waals surface area contributed by atoms with Crippen LogP contribution in [0.2, 0.25) is 0 Å². The molecule has 236 valence electrons. The molecular formula is C49H40. The van der Waals surface area contributed by atoms with Gasteiger partial charge in [0.25, 0.3) is 0 Å². The van der Waals surface area contributed by atoms with Crippen molar-refractivity contribution in [3.05, 3.63) is 132 Å². The lowest BCUT2D eigenvalue weighted by atomic mass is 9.75. The standard InChI is InChI=1S/C49H40/c1-26(2)29-23-39-43-34-19-11-7-15-30(34)31-16-8-12-20-35(31)44(43)41-25-38(27(3)4)42(28(5)6)49-47-37-22-14-10-18-33(37)32-17-9-13-21-36(32)45(47)40(24-29)46(39)48(41)49/h7-28H,1-6H3. The summed E-state index contributed by atoms with van der Waals surface area (Å²) in [7, 11) is 0. The summed E-state index contributed by atoms with van der Waals surface area (Å²) in [5.41, 5.74) is 4.38. The van der Waals surface area contributed by atoms with Crippen LogP contribution in [0.3, 0.4) is 0 Å². The first kappa shape index (κ1) is 28.8. The van der Waals surface area contributed by atoms with E-state index in [0.717, 1.165) is 0 Å². The van der Waals surface area contributed by atoms with Crippen molar-refractivity contribution >= 4 is 97.0 Å². The Morgan fingerprint density at radius 1 is 0.286 bits per heavy atom. The molecule has 0 saturated heterocycles. The van der Waals surface area contributed by atoms with Gasteiger partial charge in [0.05, 0.1) is 0 Å². The fourth-order valence-electron chi connectivity index (χ4n) is 9.58. The summed E-state index contributed by atoms with van der Waals surface area (Å²) >= 11 is 0. The summed E-state index contributed by atoms with van der Waals surface area (Å²) in [6.45, 7) is 14.3. The van der Waals surface area contributed by atoms with E-state index < -0.39 is 0 Å². The summed E-state index contributed by atoms with van der Waals surface area (Å²) in [5.74, 6) is 1.14. The summed E-state index contributed by atoms with van der Waals surface area (Å²) in [4.78, 5) is 0. The molecule has 0 aliphatic heterocycles. The average Bonchev–Trinajstić information content (AvgIpc) is 3.12. The monoisotopic (exact) mass is 628 g/mol. The van der Waals surface area contributed by atoms with Crippen LogP contribution in [-0.2, 0) is 0 Å². The number of hydrogen-bond donors (Lipinski definition) is 0. The predicted octanol–water partition coefficient (Wildman–Crippen LogP) is 14.9. The lowest BCUT2D eigenvalue weighted by molar-refractivity contribution is 0.799. The van der Waals surface area contributed by atoms with Gasteiger partial charge < -0.3 is 0 Å². The Bertz CT molecular complexity index is 2990. The molecule has 0 aliphatic rings. The largest absolute Gasteiger partial charge is 0.0616 e. The van der Waals surface area contributed by atoms with E-state index in [9.17, 15) is 0 Å². The minimum atomic E-state index is 0.366. The Kier molecular flexibility index (Phi) is 5.97. The fraction of sp³-hybridized carbons (Fsp3) is 0.184. The predicted molar refractivity (Wildman–Crippen MR) is 217 cm³/mol. The molecule has 0 amide bonds. The lowest BCUT2D eigenvalue weighted by Gasteiger charge is -2.28. The molecular weight excluding hydrogens is 589 g/mol. The van der Waals surface area contributed by atoms with Crippen LogP contribution >= 0.6 is 0 Å². The van der Waals surface area contributed by atoms with E-state index in [1.165, 1.54) is 114 Å². The lowest BCUT2D eigenvalue weighted by Crippen LogP contribution is -2.04. The zero-order chi connectivity index (χ0) is 33.3. The molecule has 49 heavy (non-hydrogen) atoms. The van der Waals surface area contributed by atoms with Crippen LogP contribution in [0, 0.1) is 0 Å². The van der Waals surface area contributed by atoms with Crippen LogP contribution < -0.4 is 0 Å². The molecule has 0 saturated carbocycles. The van der Waals surface area contributed by atoms with Gasteiger partial charge in [-0.3, -0.25) is 0 Å². The molecule has 0 aliphatic carbocycles. The smallest absolute Gasteiger partial charge is 0.00103 e. The third-order valence-corrected chi connectivity index (χ3v) is 11.6. The molecule has 0 N–H and O–H groups in total. The molecule has 0 heteroatoms. The van der Waals surface area contributed by atoms with E-state index in [0.29, 0.717) is 17.8 Å². The molecule has 0 spiro atoms. The van der Waals surface area contributed by atoms with Crippen molar-refractivity contribution in [1.82, 2.24) is 0 Å². The maximum Gasteiger partial charge on any atom is -0.00103 e. The summed E-state index contributed by atoms with van der Waals surface area (Å²) in [5, 5.41) is 24.9. The quantitative estimate of drug-likeness (QED) is 0.135. The van der Waals surface area contributed by atoms with Gasteiger partial charge in [-0.05, 0) is 137 Å². The Balaban J connectivity index is 1.71. The van der Waals surface area contributed by atoms with Crippen LogP contribution in [0.1, 0.15) is 76.0 Å². The number of hydrogen-bond acceptors (Lipinski definition) is 0. The number of rotatable bonds is 3. The zero-order valence-electron chi connectivity index (χ0n) is 29.2. The van der Waals surface area contributed by atoms with Crippen molar-refractivity contribution in [3.63, 3.8) is 0 Å². The maximum atomic E-state index is 2.61. The third-order valence-electron chi connectivity index (χ3n) is 11.6. The second-order valence-corrected chi connectivity index (χ2v) is 15.3. The molecule has 0 atom stereocenters. The van der Waals surface area contributed by atoms with Crippen molar-refractivity contribution in [2.75, 3.05) is 0 Å². The van der Waals surface area contributed by atoms with Crippen LogP contribution in [0.4, 0.5) is 0 Å². The van der Waals surface area contributed by atoms with Crippen molar-refractivity contribution < 1.29 is 0 Å². The highest BCUT2D eigenvalue weighted by molar-refractivity contribution is 6.50. The van der Waals surface area contributed by atoms with Crippen LogP contribution in [-0.4, -0.2) is 0 Å². The van der Waals surface area contributed by atoms with Crippen molar-refractivity contribution in [1.29, 1.82) is 0 Å². The van der Waals surface area contributed by atoms with Crippen LogP contribution in [0.15, 0.2) is 115 Å². The fourth-order valence-corrected chi connectivity index (χ4v) is 9.58. The topological polar surface area (TPSA) is 0 Å². The van der Waals surface area contributed by atoms with E-state index in [-0.39, 0.29) is 0 Å². The van der Waals surface area contributed by atoms with E-state index in [4.69, 9.17) is 0 Å². The molecule has 10 aromatic carbocycles. The number of benzene rings is 10. The second kappa shape index (κ2) is 10.2. The molecule has 0 aromatic heterocycles. The van der Waals surface area contributed by atoms with Gasteiger partial charge in [0.2, 0.25) is 0 Å². The van der Waals surface area contributed by atoms with Gasteiger partial charge in [0.1, 0.15) is 0 Å². The highest BCUT2D eigenvalue weighted by Gasteiger charge is 2.27. The Labute approximate surface area is 287 Å². The van der Waals surface area contributed by atoms with Crippen molar-refractivity contribution in [2.24, 2.45) is 0 Å². The first-order valence-electron chi connectivity index (χ1n) is 18.1. The Hall–Kier alpha value is -5.20. The van der Waals surface area contributed by atoms with Gasteiger partial charge in [-0.2, -0.15) is 0 Å². The number of fused-ring (bicyclic) bond motifs is 16. The van der Waals surface area contributed by atoms with Crippen LogP contribution in [0.25, 0.3) is 97.0 Å². The van der Waals surface area contributed by atoms with Crippen LogP contribution in [0.5, 0.6) is 0 Å². The average molecular weight is 629 g/mol. The minimum Gasteiger partial charge on any atom is -0.0616 e. The SMILES string of the molecule is CC(C)c1cc2c3c4ccccc4c4ccccc4c3c3cc(C(C)C)c(C(C)C)c4c5c6ccccc6c6ccccc6c5c(c1)c2c34. The van der Waals surface area contributed by atoms with E-state index in [1.807, 2.05) is 0 Å². The molecule has 10 aromatic rings. The molecule has 0 fully saturated rings. The zero-order valence-corrected chi connectivity index (χ0v) is 29.2. The van der Waals surface area contributed by atoms with Gasteiger partial charge in [0, 0.05) is 0 Å². The maximum absolute atomic E-state index is 2.61. The normalized spacial score (nSPS) is 12.8. The Morgan fingerprint density at radius 2 is 0.612 bits per heavy atom. The van der Waals surface area contributed by atoms with Gasteiger partial charge in [0.15, 0.2) is 0 Å². The summed E-state index contributed by atoms with van der Waals surface area (Å²) in [6, 6.07) is 44.3. The van der Waals surface area contributed by atoms with Gasteiger partial charge in [-0.15, -0.1) is 0 Å². The summed E-state index contributed by atoms with van der Waals surface area (Å²) in [6.07, 6.45) is 0. The summed E-state index contributed by atoms with van der Waals surface area (Å²) < 4.78 is 0. The molecule has 0 nitrogen and oxygen atoms in total. The van der Waals surface area contributed by atoms with E-state index >= 15 is 0 Å². The highest BCUT2D eigenvalue weighted by atomic mass is 14.3. The van der Waals surface area contributed by atoms with Gasteiger partial charge >= 0.3 is 0 Å². The molecule has 0 radical (unpaired) electrons. The van der Waals surface area contributed by atoms with E-state index in [1.54, 1.807) is 0 Å². The molecule has 0 bridgehead atoms. The van der Waals surface area contributed by atoms with Crippen molar-refractivity contribution in [2.45, 2.75) is 59.3 Å². The first-order valence-corrected chi connectivity index (χ1v) is 18.1. The second-order valence-electron chi connectivity index (χ2n) is 15.3.